The molecule has 1 aliphatic heterocycles. The summed E-state index contributed by atoms with van der Waals surface area (Å²) in [6.07, 6.45) is 3.55. The Bertz CT molecular complexity index is 1210. The SMILES string of the molecule is CN1CCc2nc(C(=O)NC3CCCCC3(N)C(=O)c3cc4cc(Cl)ccc4[nH]3)oc2C1.Cl. The molecule has 2 atom stereocenters. The number of Topliss-reactive ketones (excluding diaryl/α,β-unsaturated/α-hetero) is 1. The summed E-state index contributed by atoms with van der Waals surface area (Å²) >= 11 is 6.08. The number of carbonyl (C=O) groups excluding carboxylic acids is 2. The number of hydrogen-bond acceptors (Lipinski definition) is 6. The van der Waals surface area contributed by atoms with E-state index in [0.717, 1.165) is 48.2 Å². The summed E-state index contributed by atoms with van der Waals surface area (Å²) in [7, 11) is 2.00. The van der Waals surface area contributed by atoms with Crippen LogP contribution in [0.2, 0.25) is 5.02 Å². The maximum atomic E-state index is 13.5. The zero-order valence-corrected chi connectivity index (χ0v) is 19.9. The lowest BCUT2D eigenvalue weighted by atomic mass is 9.74. The van der Waals surface area contributed by atoms with Crippen molar-refractivity contribution in [2.45, 2.75) is 50.2 Å². The Morgan fingerprint density at radius 2 is 2.15 bits per heavy atom. The van der Waals surface area contributed by atoms with E-state index in [2.05, 4.69) is 20.2 Å². The number of fused-ring (bicyclic) bond motifs is 2. The molecule has 5 rings (SSSR count). The van der Waals surface area contributed by atoms with Crippen molar-refractivity contribution in [3.05, 3.63) is 52.3 Å². The van der Waals surface area contributed by atoms with Gasteiger partial charge in [-0.25, -0.2) is 4.98 Å². The molecule has 0 spiro atoms. The lowest BCUT2D eigenvalue weighted by Gasteiger charge is -2.39. The third kappa shape index (κ3) is 4.40. The fraction of sp³-hybridized carbons (Fsp3) is 0.435. The highest BCUT2D eigenvalue weighted by Crippen LogP contribution is 2.31. The van der Waals surface area contributed by atoms with Crippen LogP contribution in [0.1, 0.15) is 58.3 Å². The minimum atomic E-state index is -1.22. The number of H-pyrrole nitrogens is 1. The number of aromatic amines is 1. The highest BCUT2D eigenvalue weighted by Gasteiger charge is 2.45. The molecule has 10 heteroatoms. The molecule has 0 radical (unpaired) electrons. The van der Waals surface area contributed by atoms with Crippen LogP contribution in [0.25, 0.3) is 10.9 Å². The van der Waals surface area contributed by atoms with Gasteiger partial charge in [0.1, 0.15) is 11.3 Å². The summed E-state index contributed by atoms with van der Waals surface area (Å²) in [5, 5.41) is 4.39. The van der Waals surface area contributed by atoms with E-state index in [1.165, 1.54) is 0 Å². The minimum absolute atomic E-state index is 0. The van der Waals surface area contributed by atoms with Crippen LogP contribution in [0, 0.1) is 0 Å². The second kappa shape index (κ2) is 9.10. The zero-order valence-electron chi connectivity index (χ0n) is 18.3. The number of carbonyl (C=O) groups is 2. The first-order chi connectivity index (χ1) is 15.3. The molecule has 1 fully saturated rings. The van der Waals surface area contributed by atoms with Gasteiger partial charge >= 0.3 is 5.91 Å². The van der Waals surface area contributed by atoms with Gasteiger partial charge in [-0.15, -0.1) is 12.4 Å². The number of halogens is 2. The van der Waals surface area contributed by atoms with Crippen molar-refractivity contribution in [2.75, 3.05) is 13.6 Å². The number of benzene rings is 1. The quantitative estimate of drug-likeness (QED) is 0.481. The second-order valence-corrected chi connectivity index (χ2v) is 9.37. The molecule has 1 aromatic carbocycles. The van der Waals surface area contributed by atoms with Crippen molar-refractivity contribution < 1.29 is 14.0 Å². The predicted octanol–water partition coefficient (Wildman–Crippen LogP) is 3.47. The Labute approximate surface area is 202 Å². The first-order valence-corrected chi connectivity index (χ1v) is 11.3. The lowest BCUT2D eigenvalue weighted by molar-refractivity contribution is 0.0742. The summed E-state index contributed by atoms with van der Waals surface area (Å²) in [5.41, 5.74) is 7.54. The van der Waals surface area contributed by atoms with Crippen LogP contribution in [-0.2, 0) is 13.0 Å². The fourth-order valence-corrected chi connectivity index (χ4v) is 4.97. The number of likely N-dealkylation sites (N-methyl/N-ethyl adjacent to an activating group) is 1. The summed E-state index contributed by atoms with van der Waals surface area (Å²) < 4.78 is 5.73. The Balaban J connectivity index is 0.00000259. The number of hydrogen-bond donors (Lipinski definition) is 3. The number of oxazole rings is 1. The van der Waals surface area contributed by atoms with Crippen LogP contribution in [-0.4, -0.2) is 51.7 Å². The number of rotatable bonds is 4. The topological polar surface area (TPSA) is 117 Å². The number of nitrogens with zero attached hydrogens (tertiary/aromatic N) is 2. The molecule has 0 bridgehead atoms. The Morgan fingerprint density at radius 1 is 1.33 bits per heavy atom. The van der Waals surface area contributed by atoms with Crippen LogP contribution in [0.3, 0.4) is 0 Å². The predicted molar refractivity (Wildman–Crippen MR) is 128 cm³/mol. The molecular formula is C23H27Cl2N5O3. The molecule has 0 saturated heterocycles. The van der Waals surface area contributed by atoms with Crippen molar-refractivity contribution in [2.24, 2.45) is 5.73 Å². The minimum Gasteiger partial charge on any atom is -0.436 e. The van der Waals surface area contributed by atoms with Crippen molar-refractivity contribution in [1.29, 1.82) is 0 Å². The summed E-state index contributed by atoms with van der Waals surface area (Å²) in [4.78, 5) is 36.1. The van der Waals surface area contributed by atoms with Gasteiger partial charge in [0, 0.05) is 28.9 Å². The van der Waals surface area contributed by atoms with Gasteiger partial charge in [-0.05, 0) is 44.2 Å². The smallest absolute Gasteiger partial charge is 0.307 e. The monoisotopic (exact) mass is 491 g/mol. The Hall–Kier alpha value is -2.39. The standard InChI is InChI=1S/C23H26ClN5O3.ClH/c1-29-9-7-16-18(12-29)32-22(27-16)21(31)28-19-4-2-3-8-23(19,25)20(30)17-11-13-10-14(24)5-6-15(13)26-17;/h5-6,10-11,19,26H,2-4,7-9,12,25H2,1H3,(H,28,31);1H. The van der Waals surface area contributed by atoms with Crippen LogP contribution in [0.15, 0.2) is 28.7 Å². The van der Waals surface area contributed by atoms with E-state index < -0.39 is 17.5 Å². The average molecular weight is 492 g/mol. The van der Waals surface area contributed by atoms with E-state index in [1.807, 2.05) is 13.1 Å². The van der Waals surface area contributed by atoms with Gasteiger partial charge in [0.25, 0.3) is 5.89 Å². The summed E-state index contributed by atoms with van der Waals surface area (Å²) in [6.45, 7) is 1.50. The number of aromatic nitrogens is 2. The molecule has 176 valence electrons. The number of ketones is 1. The van der Waals surface area contributed by atoms with Gasteiger partial charge in [0.2, 0.25) is 5.78 Å². The normalized spacial score (nSPS) is 23.1. The van der Waals surface area contributed by atoms with E-state index in [4.69, 9.17) is 21.8 Å². The Kier molecular flexibility index (Phi) is 6.55. The van der Waals surface area contributed by atoms with Gasteiger partial charge in [0.15, 0.2) is 0 Å². The van der Waals surface area contributed by atoms with E-state index in [1.54, 1.807) is 18.2 Å². The fourth-order valence-electron chi connectivity index (χ4n) is 4.79. The number of amides is 1. The number of nitrogens with one attached hydrogen (secondary N) is 2. The first kappa shape index (κ1) is 23.8. The first-order valence-electron chi connectivity index (χ1n) is 10.9. The third-order valence-electron chi connectivity index (χ3n) is 6.63. The van der Waals surface area contributed by atoms with Crippen LogP contribution < -0.4 is 11.1 Å². The van der Waals surface area contributed by atoms with E-state index in [0.29, 0.717) is 30.1 Å². The van der Waals surface area contributed by atoms with Gasteiger partial charge in [-0.3, -0.25) is 14.5 Å². The molecule has 1 aliphatic carbocycles. The van der Waals surface area contributed by atoms with Crippen molar-refractivity contribution >= 4 is 46.6 Å². The van der Waals surface area contributed by atoms with Gasteiger partial charge < -0.3 is 20.5 Å². The summed E-state index contributed by atoms with van der Waals surface area (Å²) in [5.74, 6) is 0.105. The van der Waals surface area contributed by atoms with Gasteiger partial charge in [-0.1, -0.05) is 24.4 Å². The Morgan fingerprint density at radius 3 is 2.97 bits per heavy atom. The van der Waals surface area contributed by atoms with Crippen LogP contribution in [0.5, 0.6) is 0 Å². The number of nitrogens with two attached hydrogens (primary N) is 1. The van der Waals surface area contributed by atoms with Gasteiger partial charge in [0.05, 0.1) is 24.0 Å². The molecule has 33 heavy (non-hydrogen) atoms. The highest BCUT2D eigenvalue weighted by atomic mass is 35.5. The molecule has 3 heterocycles. The van der Waals surface area contributed by atoms with Crippen LogP contribution >= 0.6 is 24.0 Å². The zero-order chi connectivity index (χ0) is 22.5. The average Bonchev–Trinajstić information content (AvgIpc) is 3.38. The van der Waals surface area contributed by atoms with Crippen molar-refractivity contribution in [3.8, 4) is 0 Å². The maximum Gasteiger partial charge on any atom is 0.307 e. The third-order valence-corrected chi connectivity index (χ3v) is 6.86. The second-order valence-electron chi connectivity index (χ2n) is 8.93. The van der Waals surface area contributed by atoms with Crippen molar-refractivity contribution in [3.63, 3.8) is 0 Å². The molecule has 1 amide bonds. The van der Waals surface area contributed by atoms with E-state index in [-0.39, 0.29) is 24.1 Å². The molecule has 8 nitrogen and oxygen atoms in total. The molecule has 1 saturated carbocycles. The molecule has 4 N–H and O–H groups in total. The molecule has 2 aliphatic rings. The van der Waals surface area contributed by atoms with Crippen molar-refractivity contribution in [1.82, 2.24) is 20.2 Å². The lowest BCUT2D eigenvalue weighted by Crippen LogP contribution is -2.64. The van der Waals surface area contributed by atoms with Crippen LogP contribution in [0.4, 0.5) is 0 Å². The van der Waals surface area contributed by atoms with E-state index >= 15 is 0 Å². The molecule has 2 unspecified atom stereocenters. The molecule has 2 aromatic heterocycles. The highest BCUT2D eigenvalue weighted by molar-refractivity contribution is 6.31. The van der Waals surface area contributed by atoms with E-state index in [9.17, 15) is 9.59 Å². The summed E-state index contributed by atoms with van der Waals surface area (Å²) in [6, 6.07) is 6.65. The molecule has 3 aromatic rings. The largest absolute Gasteiger partial charge is 0.436 e. The van der Waals surface area contributed by atoms with Gasteiger partial charge in [-0.2, -0.15) is 0 Å². The maximum absolute atomic E-state index is 13.5. The molecular weight excluding hydrogens is 465 g/mol.